The third-order valence-corrected chi connectivity index (χ3v) is 6.51. The number of aliphatic hydroxyl groups excluding tert-OH is 1. The van der Waals surface area contributed by atoms with Crippen LogP contribution in [0.5, 0.6) is 0 Å². The molecule has 3 rings (SSSR count). The first-order valence-corrected chi connectivity index (χ1v) is 9.22. The summed E-state index contributed by atoms with van der Waals surface area (Å²) in [4.78, 5) is 1.73. The van der Waals surface area contributed by atoms with Gasteiger partial charge in [0, 0.05) is 16.3 Å². The molecule has 0 bridgehead atoms. The van der Waals surface area contributed by atoms with Gasteiger partial charge >= 0.3 is 0 Å². The van der Waals surface area contributed by atoms with Crippen LogP contribution < -0.4 is 4.72 Å². The first kappa shape index (κ1) is 14.7. The molecule has 1 heterocycles. The van der Waals surface area contributed by atoms with Crippen molar-refractivity contribution in [1.29, 1.82) is 0 Å². The van der Waals surface area contributed by atoms with Gasteiger partial charge in [0.05, 0.1) is 5.25 Å². The minimum absolute atomic E-state index is 0.202. The van der Waals surface area contributed by atoms with Crippen molar-refractivity contribution in [1.82, 2.24) is 4.72 Å². The van der Waals surface area contributed by atoms with Crippen molar-refractivity contribution < 1.29 is 13.5 Å². The Morgan fingerprint density at radius 2 is 1.90 bits per heavy atom. The van der Waals surface area contributed by atoms with E-state index in [0.29, 0.717) is 6.54 Å². The minimum Gasteiger partial charge on any atom is -0.383 e. The molecule has 1 aromatic heterocycles. The molecule has 112 valence electrons. The Morgan fingerprint density at radius 3 is 2.57 bits per heavy atom. The van der Waals surface area contributed by atoms with Crippen molar-refractivity contribution >= 4 is 21.4 Å². The van der Waals surface area contributed by atoms with Gasteiger partial charge in [0.2, 0.25) is 10.0 Å². The maximum absolute atomic E-state index is 11.8. The second kappa shape index (κ2) is 5.88. The zero-order valence-electron chi connectivity index (χ0n) is 11.4. The quantitative estimate of drug-likeness (QED) is 0.858. The predicted molar refractivity (Wildman–Crippen MR) is 83.6 cm³/mol. The van der Waals surface area contributed by atoms with Crippen LogP contribution in [0.3, 0.4) is 0 Å². The predicted octanol–water partition coefficient (Wildman–Crippen LogP) is 2.41. The number of nitrogens with one attached hydrogen (secondary N) is 1. The van der Waals surface area contributed by atoms with Gasteiger partial charge in [-0.1, -0.05) is 30.3 Å². The van der Waals surface area contributed by atoms with Gasteiger partial charge in [-0.15, -0.1) is 11.3 Å². The topological polar surface area (TPSA) is 66.4 Å². The van der Waals surface area contributed by atoms with E-state index in [-0.39, 0.29) is 5.25 Å². The fourth-order valence-corrected chi connectivity index (χ4v) is 4.51. The molecule has 1 aromatic carbocycles. The molecule has 1 atom stereocenters. The summed E-state index contributed by atoms with van der Waals surface area (Å²) in [6.07, 6.45) is 0.861. The third kappa shape index (κ3) is 3.52. The molecule has 21 heavy (non-hydrogen) atoms. The van der Waals surface area contributed by atoms with Crippen molar-refractivity contribution in [3.05, 3.63) is 57.8 Å². The zero-order chi connectivity index (χ0) is 14.9. The van der Waals surface area contributed by atoms with E-state index >= 15 is 0 Å². The summed E-state index contributed by atoms with van der Waals surface area (Å²) in [5, 5.41) is 10.1. The van der Waals surface area contributed by atoms with Crippen LogP contribution >= 0.6 is 11.3 Å². The Morgan fingerprint density at radius 1 is 1.19 bits per heavy atom. The standard InChI is InChI=1S/C15H17NO3S2/c17-15(11-4-2-1-3-5-11)14-9-6-12(20-14)10-16-21(18,19)13-7-8-13/h1-6,9,13,15-17H,7-8,10H2. The van der Waals surface area contributed by atoms with Crippen molar-refractivity contribution in [3.8, 4) is 0 Å². The monoisotopic (exact) mass is 323 g/mol. The lowest BCUT2D eigenvalue weighted by atomic mass is 10.1. The highest BCUT2D eigenvalue weighted by molar-refractivity contribution is 7.90. The number of thiophene rings is 1. The lowest BCUT2D eigenvalue weighted by Crippen LogP contribution is -2.26. The summed E-state index contributed by atoms with van der Waals surface area (Å²) in [6.45, 7) is 0.297. The fourth-order valence-electron chi connectivity index (χ4n) is 2.10. The van der Waals surface area contributed by atoms with Gasteiger partial charge < -0.3 is 5.11 Å². The summed E-state index contributed by atoms with van der Waals surface area (Å²) in [5.74, 6) is 0. The van der Waals surface area contributed by atoms with Gasteiger partial charge in [-0.2, -0.15) is 0 Å². The van der Waals surface area contributed by atoms with Crippen LogP contribution in [0.25, 0.3) is 0 Å². The molecule has 2 aromatic rings. The van der Waals surface area contributed by atoms with Gasteiger partial charge in [-0.25, -0.2) is 13.1 Å². The normalized spacial score (nSPS) is 16.8. The Balaban J connectivity index is 1.66. The summed E-state index contributed by atoms with van der Waals surface area (Å²) in [6, 6.07) is 13.1. The van der Waals surface area contributed by atoms with E-state index in [1.54, 1.807) is 0 Å². The third-order valence-electron chi connectivity index (χ3n) is 3.48. The van der Waals surface area contributed by atoms with Crippen molar-refractivity contribution in [2.45, 2.75) is 30.7 Å². The number of aliphatic hydroxyl groups is 1. The second-order valence-electron chi connectivity index (χ2n) is 5.18. The van der Waals surface area contributed by atoms with Gasteiger partial charge in [0.15, 0.2) is 0 Å². The first-order valence-electron chi connectivity index (χ1n) is 6.86. The molecule has 6 heteroatoms. The average molecular weight is 323 g/mol. The van der Waals surface area contributed by atoms with Crippen LogP contribution in [0.2, 0.25) is 0 Å². The van der Waals surface area contributed by atoms with E-state index in [1.165, 1.54) is 11.3 Å². The van der Waals surface area contributed by atoms with E-state index in [4.69, 9.17) is 0 Å². The molecular formula is C15H17NO3S2. The molecule has 0 spiro atoms. The molecule has 0 amide bonds. The van der Waals surface area contributed by atoms with Crippen molar-refractivity contribution in [2.75, 3.05) is 0 Å². The van der Waals surface area contributed by atoms with Gasteiger partial charge in [0.25, 0.3) is 0 Å². The molecular weight excluding hydrogens is 306 g/mol. The molecule has 1 fully saturated rings. The van der Waals surface area contributed by atoms with E-state index in [1.807, 2.05) is 42.5 Å². The molecule has 1 unspecified atom stereocenters. The summed E-state index contributed by atoms with van der Waals surface area (Å²) < 4.78 is 26.2. The highest BCUT2D eigenvalue weighted by Gasteiger charge is 2.35. The number of benzene rings is 1. The molecule has 2 N–H and O–H groups in total. The summed E-state index contributed by atoms with van der Waals surface area (Å²) >= 11 is 1.43. The smallest absolute Gasteiger partial charge is 0.214 e. The van der Waals surface area contributed by atoms with E-state index in [9.17, 15) is 13.5 Å². The van der Waals surface area contributed by atoms with Crippen molar-refractivity contribution in [2.24, 2.45) is 0 Å². The highest BCUT2D eigenvalue weighted by atomic mass is 32.2. The fraction of sp³-hybridized carbons (Fsp3) is 0.333. The van der Waals surface area contributed by atoms with E-state index in [2.05, 4.69) is 4.72 Å². The molecule has 1 aliphatic rings. The lowest BCUT2D eigenvalue weighted by molar-refractivity contribution is 0.224. The summed E-state index contributed by atoms with van der Waals surface area (Å²) in [5.41, 5.74) is 0.837. The maximum atomic E-state index is 11.8. The Labute approximate surface area is 128 Å². The van der Waals surface area contributed by atoms with Crippen LogP contribution in [0.15, 0.2) is 42.5 Å². The van der Waals surface area contributed by atoms with E-state index < -0.39 is 16.1 Å². The zero-order valence-corrected chi connectivity index (χ0v) is 13.0. The van der Waals surface area contributed by atoms with Crippen LogP contribution in [0.1, 0.15) is 34.3 Å². The van der Waals surface area contributed by atoms with Crippen molar-refractivity contribution in [3.63, 3.8) is 0 Å². The second-order valence-corrected chi connectivity index (χ2v) is 8.43. The molecule has 1 aliphatic carbocycles. The Hall–Kier alpha value is -1.21. The summed E-state index contributed by atoms with van der Waals surface area (Å²) in [7, 11) is -3.15. The average Bonchev–Trinajstić information content (AvgIpc) is 3.26. The molecule has 1 saturated carbocycles. The lowest BCUT2D eigenvalue weighted by Gasteiger charge is -2.08. The van der Waals surface area contributed by atoms with Gasteiger partial charge in [-0.3, -0.25) is 0 Å². The SMILES string of the molecule is O=S(=O)(NCc1ccc(C(O)c2ccccc2)s1)C1CC1. The minimum atomic E-state index is -3.15. The molecule has 4 nitrogen and oxygen atoms in total. The first-order chi connectivity index (χ1) is 10.1. The van der Waals surface area contributed by atoms with Gasteiger partial charge in [0.1, 0.15) is 6.10 Å². The maximum Gasteiger partial charge on any atom is 0.214 e. The molecule has 0 saturated heterocycles. The Bertz CT molecular complexity index is 706. The number of hydrogen-bond acceptors (Lipinski definition) is 4. The van der Waals surface area contributed by atoms with Crippen LogP contribution in [0.4, 0.5) is 0 Å². The molecule has 0 aliphatic heterocycles. The van der Waals surface area contributed by atoms with E-state index in [0.717, 1.165) is 28.2 Å². The van der Waals surface area contributed by atoms with Gasteiger partial charge in [-0.05, 0) is 30.5 Å². The largest absolute Gasteiger partial charge is 0.383 e. The number of sulfonamides is 1. The Kier molecular flexibility index (Phi) is 4.12. The number of rotatable bonds is 6. The van der Waals surface area contributed by atoms with Crippen LogP contribution in [0, 0.1) is 0 Å². The number of hydrogen-bond donors (Lipinski definition) is 2. The molecule has 0 radical (unpaired) electrons. The van der Waals surface area contributed by atoms with Crippen LogP contribution in [-0.4, -0.2) is 18.8 Å². The van der Waals surface area contributed by atoms with Crippen LogP contribution in [-0.2, 0) is 16.6 Å². The highest BCUT2D eigenvalue weighted by Crippen LogP contribution is 2.30.